The summed E-state index contributed by atoms with van der Waals surface area (Å²) in [5, 5.41) is 0. The van der Waals surface area contributed by atoms with E-state index in [-0.39, 0.29) is 19.2 Å². The zero-order valence-electron chi connectivity index (χ0n) is 26.6. The molecule has 0 radical (unpaired) electrons. The van der Waals surface area contributed by atoms with Crippen molar-refractivity contribution in [3.8, 4) is 0 Å². The molecule has 0 spiro atoms. The van der Waals surface area contributed by atoms with Crippen LogP contribution in [0.5, 0.6) is 0 Å². The van der Waals surface area contributed by atoms with E-state index in [1.165, 1.54) is 0 Å². The predicted octanol–water partition coefficient (Wildman–Crippen LogP) is 2.33. The van der Waals surface area contributed by atoms with E-state index < -0.39 is 11.6 Å². The molecule has 0 aliphatic rings. The maximum atomic E-state index is 11.8. The summed E-state index contributed by atoms with van der Waals surface area (Å²) in [6.45, 7) is 13.0. The molecule has 0 amide bonds. The second kappa shape index (κ2) is 28.3. The van der Waals surface area contributed by atoms with E-state index >= 15 is 0 Å². The number of carbonyl (C=O) groups is 2. The van der Waals surface area contributed by atoms with Gasteiger partial charge in [0.15, 0.2) is 0 Å². The van der Waals surface area contributed by atoms with Gasteiger partial charge in [-0.2, -0.15) is 0 Å². The third-order valence-electron chi connectivity index (χ3n) is 5.09. The molecule has 1 aromatic rings. The van der Waals surface area contributed by atoms with E-state index in [2.05, 4.69) is 0 Å². The Morgan fingerprint density at radius 1 is 0.477 bits per heavy atom. The molecule has 0 aliphatic heterocycles. The third-order valence-corrected chi connectivity index (χ3v) is 5.09. The van der Waals surface area contributed by atoms with Gasteiger partial charge >= 0.3 is 11.9 Å². The fourth-order valence-electron chi connectivity index (χ4n) is 3.14. The summed E-state index contributed by atoms with van der Waals surface area (Å²) >= 11 is 0. The van der Waals surface area contributed by atoms with Crippen LogP contribution in [-0.2, 0) is 56.9 Å². The van der Waals surface area contributed by atoms with Crippen molar-refractivity contribution in [3.05, 3.63) is 35.9 Å². The predicted molar refractivity (Wildman–Crippen MR) is 160 cm³/mol. The summed E-state index contributed by atoms with van der Waals surface area (Å²) in [6, 6.07) is 8.83. The summed E-state index contributed by atoms with van der Waals surface area (Å²) in [7, 11) is 0. The van der Waals surface area contributed by atoms with Crippen molar-refractivity contribution in [3.63, 3.8) is 0 Å². The van der Waals surface area contributed by atoms with Crippen molar-refractivity contribution < 1.29 is 61.7 Å². The third kappa shape index (κ3) is 27.4. The normalized spacial score (nSPS) is 11.5. The van der Waals surface area contributed by atoms with E-state index in [0.29, 0.717) is 118 Å². The Morgan fingerprint density at radius 2 is 0.795 bits per heavy atom. The monoisotopic (exact) mass is 632 g/mol. The molecule has 1 aromatic carbocycles. The van der Waals surface area contributed by atoms with Crippen LogP contribution in [0.3, 0.4) is 0 Å². The second-order valence-corrected chi connectivity index (χ2v) is 10.0. The number of hydrogen-bond donors (Lipinski definition) is 0. The van der Waals surface area contributed by atoms with Crippen LogP contribution >= 0.6 is 0 Å². The van der Waals surface area contributed by atoms with Crippen molar-refractivity contribution in [1.82, 2.24) is 0 Å². The van der Waals surface area contributed by atoms with E-state index in [1.54, 1.807) is 24.3 Å². The van der Waals surface area contributed by atoms with Gasteiger partial charge in [0.2, 0.25) is 0 Å². The quantitative estimate of drug-likeness (QED) is 0.0908. The van der Waals surface area contributed by atoms with E-state index in [9.17, 15) is 9.59 Å². The fraction of sp³-hybridized carbons (Fsp3) is 0.742. The molecule has 0 aromatic heterocycles. The van der Waals surface area contributed by atoms with Gasteiger partial charge in [-0.15, -0.1) is 0 Å². The molecule has 44 heavy (non-hydrogen) atoms. The molecular weight excluding hydrogens is 580 g/mol. The lowest BCUT2D eigenvalue weighted by Gasteiger charge is -2.19. The average Bonchev–Trinajstić information content (AvgIpc) is 2.99. The van der Waals surface area contributed by atoms with Crippen molar-refractivity contribution in [1.29, 1.82) is 0 Å². The molecule has 0 N–H and O–H groups in total. The Hall–Kier alpha value is -2.20. The van der Waals surface area contributed by atoms with Gasteiger partial charge in [-0.1, -0.05) is 18.2 Å². The Bertz CT molecular complexity index is 802. The summed E-state index contributed by atoms with van der Waals surface area (Å²) in [6.07, 6.45) is 0. The van der Waals surface area contributed by atoms with Crippen LogP contribution in [0.1, 0.15) is 31.1 Å². The minimum atomic E-state index is -0.514. The summed E-state index contributed by atoms with van der Waals surface area (Å²) in [4.78, 5) is 23.3. The number of carbonyl (C=O) groups excluding carboxylic acids is 2. The Kier molecular flexibility index (Phi) is 25.6. The zero-order chi connectivity index (χ0) is 32.0. The van der Waals surface area contributed by atoms with E-state index in [0.717, 1.165) is 0 Å². The van der Waals surface area contributed by atoms with Gasteiger partial charge in [-0.05, 0) is 32.9 Å². The SMILES string of the molecule is CC(C)(C)OC(=O)COCCOCCOCCOCCOCCOCCOCCOCCOCCOC(=O)c1ccccc1. The van der Waals surface area contributed by atoms with Crippen molar-refractivity contribution in [2.45, 2.75) is 26.4 Å². The van der Waals surface area contributed by atoms with Crippen LogP contribution in [0.4, 0.5) is 0 Å². The van der Waals surface area contributed by atoms with Gasteiger partial charge in [0.1, 0.15) is 18.8 Å². The average molecular weight is 633 g/mol. The summed E-state index contributed by atoms with van der Waals surface area (Å²) < 4.78 is 58.9. The fourth-order valence-corrected chi connectivity index (χ4v) is 3.14. The molecule has 0 unspecified atom stereocenters. The van der Waals surface area contributed by atoms with Crippen LogP contribution in [0, 0.1) is 0 Å². The van der Waals surface area contributed by atoms with Crippen molar-refractivity contribution in [2.24, 2.45) is 0 Å². The van der Waals surface area contributed by atoms with Crippen molar-refractivity contribution in [2.75, 3.05) is 126 Å². The second-order valence-electron chi connectivity index (χ2n) is 10.0. The van der Waals surface area contributed by atoms with Crippen LogP contribution in [0.25, 0.3) is 0 Å². The molecule has 13 nitrogen and oxygen atoms in total. The standard InChI is InChI=1S/C31H52O13/c1-31(2,3)44-29(32)27-42-24-23-40-20-19-38-16-15-36-12-11-34-9-10-35-13-14-37-17-18-39-21-22-41-25-26-43-30(33)28-7-5-4-6-8-28/h4-8H,9-27H2,1-3H3. The largest absolute Gasteiger partial charge is 0.460 e. The zero-order valence-corrected chi connectivity index (χ0v) is 26.6. The van der Waals surface area contributed by atoms with Gasteiger partial charge in [-0.3, -0.25) is 0 Å². The first-order chi connectivity index (χ1) is 21.4. The van der Waals surface area contributed by atoms with Gasteiger partial charge in [0, 0.05) is 0 Å². The van der Waals surface area contributed by atoms with Gasteiger partial charge in [0.25, 0.3) is 0 Å². The van der Waals surface area contributed by atoms with Gasteiger partial charge < -0.3 is 52.1 Å². The van der Waals surface area contributed by atoms with Gasteiger partial charge in [0.05, 0.1) is 118 Å². The van der Waals surface area contributed by atoms with Crippen LogP contribution < -0.4 is 0 Å². The molecule has 0 saturated heterocycles. The Labute approximate surface area is 261 Å². The van der Waals surface area contributed by atoms with Crippen LogP contribution in [0.15, 0.2) is 30.3 Å². The van der Waals surface area contributed by atoms with Crippen molar-refractivity contribution >= 4 is 11.9 Å². The molecule has 0 atom stereocenters. The lowest BCUT2D eigenvalue weighted by molar-refractivity contribution is -0.160. The smallest absolute Gasteiger partial charge is 0.338 e. The minimum absolute atomic E-state index is 0.0868. The highest BCUT2D eigenvalue weighted by atomic mass is 16.6. The highest BCUT2D eigenvalue weighted by Crippen LogP contribution is 2.06. The number of ether oxygens (including phenoxy) is 11. The highest BCUT2D eigenvalue weighted by molar-refractivity contribution is 5.89. The molecule has 0 aliphatic carbocycles. The van der Waals surface area contributed by atoms with E-state index in [1.807, 2.05) is 26.8 Å². The Morgan fingerprint density at radius 3 is 1.14 bits per heavy atom. The molecule has 0 saturated carbocycles. The molecule has 13 heteroatoms. The molecule has 254 valence electrons. The first-order valence-corrected chi connectivity index (χ1v) is 15.0. The minimum Gasteiger partial charge on any atom is -0.460 e. The molecule has 0 fully saturated rings. The lowest BCUT2D eigenvalue weighted by Crippen LogP contribution is -2.27. The first kappa shape index (κ1) is 39.8. The highest BCUT2D eigenvalue weighted by Gasteiger charge is 2.15. The molecule has 0 bridgehead atoms. The number of hydrogen-bond acceptors (Lipinski definition) is 13. The number of benzene rings is 1. The van der Waals surface area contributed by atoms with Crippen LogP contribution in [0.2, 0.25) is 0 Å². The summed E-state index contributed by atoms with van der Waals surface area (Å²) in [5.41, 5.74) is 0.00805. The number of esters is 2. The maximum Gasteiger partial charge on any atom is 0.338 e. The maximum absolute atomic E-state index is 11.8. The first-order valence-electron chi connectivity index (χ1n) is 15.0. The van der Waals surface area contributed by atoms with Gasteiger partial charge in [-0.25, -0.2) is 9.59 Å². The topological polar surface area (TPSA) is 136 Å². The lowest BCUT2D eigenvalue weighted by atomic mass is 10.2. The Balaban J connectivity index is 1.67. The molecule has 1 rings (SSSR count). The molecule has 0 heterocycles. The van der Waals surface area contributed by atoms with E-state index in [4.69, 9.17) is 52.1 Å². The molecular formula is C31H52O13. The number of rotatable bonds is 30. The van der Waals surface area contributed by atoms with Crippen LogP contribution in [-0.4, -0.2) is 143 Å². The summed E-state index contributed by atoms with van der Waals surface area (Å²) in [5.74, 6) is -0.750.